The lowest BCUT2D eigenvalue weighted by atomic mass is 9.68. The molecule has 0 saturated heterocycles. The second-order valence-electron chi connectivity index (χ2n) is 11.4. The molecule has 0 spiro atoms. The molecule has 0 N–H and O–H groups in total. The Kier molecular flexibility index (Phi) is 2.18. The van der Waals surface area contributed by atoms with Gasteiger partial charge in [0, 0.05) is 5.41 Å². The summed E-state index contributed by atoms with van der Waals surface area (Å²) < 4.78 is 219. The average Bonchev–Trinajstić information content (AvgIpc) is 3.29. The summed E-state index contributed by atoms with van der Waals surface area (Å²) in [5, 5.41) is -3.92. The van der Waals surface area contributed by atoms with E-state index in [1.165, 1.54) is 13.8 Å². The largest absolute Gasteiger partial charge is 0.0636 e. The van der Waals surface area contributed by atoms with Gasteiger partial charge >= 0.3 is 0 Å². The average molecular weight is 595 g/mol. The maximum Gasteiger partial charge on any atom is 0.0636 e. The summed E-state index contributed by atoms with van der Waals surface area (Å²) in [6, 6.07) is -18.1. The Bertz CT molecular complexity index is 3990. The molecule has 9 aromatic rings. The molecule has 0 heterocycles. The smallest absolute Gasteiger partial charge is 0.0616 e. The highest BCUT2D eigenvalue weighted by molar-refractivity contribution is 6.26. The van der Waals surface area contributed by atoms with Crippen LogP contribution in [0, 0.1) is 0 Å². The zero-order valence-electron chi connectivity index (χ0n) is 47.5. The third-order valence-corrected chi connectivity index (χ3v) is 8.56. The van der Waals surface area contributed by atoms with E-state index in [0.29, 0.717) is 0 Å². The van der Waals surface area contributed by atoms with Gasteiger partial charge in [0.15, 0.2) is 0 Å². The van der Waals surface area contributed by atoms with Crippen molar-refractivity contribution in [3.63, 3.8) is 0 Å². The molecule has 210 valence electrons. The molecule has 0 aliphatic heterocycles. The van der Waals surface area contributed by atoms with Crippen LogP contribution in [0.5, 0.6) is 0 Å². The van der Waals surface area contributed by atoms with Crippen LogP contribution in [-0.4, -0.2) is 0 Å². The van der Waals surface area contributed by atoms with Gasteiger partial charge in [-0.15, -0.1) is 0 Å². The van der Waals surface area contributed by atoms with Gasteiger partial charge < -0.3 is 0 Å². The first-order valence-corrected chi connectivity index (χ1v) is 14.0. The van der Waals surface area contributed by atoms with Crippen molar-refractivity contribution in [2.45, 2.75) is 19.3 Å². The van der Waals surface area contributed by atoms with E-state index in [4.69, 9.17) is 17.8 Å². The van der Waals surface area contributed by atoms with Crippen molar-refractivity contribution in [3.05, 3.63) is 156 Å². The highest BCUT2D eigenvalue weighted by Crippen LogP contribution is 2.50. The fourth-order valence-corrected chi connectivity index (χ4v) is 6.44. The highest BCUT2D eigenvalue weighted by atomic mass is 14.4. The Labute approximate surface area is 296 Å². The molecule has 0 amide bonds. The van der Waals surface area contributed by atoms with Gasteiger partial charge in [0.2, 0.25) is 0 Å². The normalized spacial score (nSPS) is 21.2. The Morgan fingerprint density at radius 1 is 0.378 bits per heavy atom. The summed E-state index contributed by atoms with van der Waals surface area (Å²) in [6.45, 7) is 3.04. The number of hydrogen-bond donors (Lipinski definition) is 0. The predicted octanol–water partition coefficient (Wildman–Crippen LogP) is 12.5. The fourth-order valence-electron chi connectivity index (χ4n) is 6.44. The van der Waals surface area contributed by atoms with Gasteiger partial charge in [0.1, 0.15) is 0 Å². The summed E-state index contributed by atoms with van der Waals surface area (Å²) in [4.78, 5) is 0. The summed E-state index contributed by atoms with van der Waals surface area (Å²) in [5.74, 6) is 0. The van der Waals surface area contributed by atoms with Crippen molar-refractivity contribution in [2.75, 3.05) is 0 Å². The zero-order valence-corrected chi connectivity index (χ0v) is 23.5. The molecule has 10 rings (SSSR count). The lowest BCUT2D eigenvalue weighted by Gasteiger charge is -2.35. The van der Waals surface area contributed by atoms with Gasteiger partial charge in [0.25, 0.3) is 0 Å². The van der Waals surface area contributed by atoms with Gasteiger partial charge in [-0.05, 0) is 116 Å². The minimum Gasteiger partial charge on any atom is -0.0616 e. The van der Waals surface area contributed by atoms with Crippen LogP contribution >= 0.6 is 0 Å². The number of benzene rings is 9. The van der Waals surface area contributed by atoms with Crippen molar-refractivity contribution in [3.8, 4) is 33.4 Å². The van der Waals surface area contributed by atoms with Crippen LogP contribution in [-0.2, 0) is 5.41 Å². The molecule has 1 aliphatic carbocycles. The lowest BCUT2D eigenvalue weighted by molar-refractivity contribution is 0.645. The Balaban J connectivity index is 1.49. The SMILES string of the molecule is [2H]c1c([2H])c2c(c([2H])c1-c1c([2H])c(-c3c([2H])c([2H])c4c([2H])c([2H])c5c([2H])c([2H])c([2H])c6c([2H])c([2H])c3c4c56)c3c([2H])c([2H])c([2H])c([2H])c3c1[2H])-c1c([2H])c([2H])c([2H])c3c([2H])c([2H])c([2H])c(c13)C2(C)C. The third-order valence-electron chi connectivity index (χ3n) is 8.56. The van der Waals surface area contributed by atoms with Crippen LogP contribution in [0.15, 0.2) is 145 Å². The standard InChI is InChI=1S/C45H30/c1-45(2)40-23-20-31(25-39(40)36-14-6-11-27-12-7-15-41(45)43(27)36)33-24-32-8-3-4-13-34(32)38(26-33)35-21-18-30-17-16-28-9-5-10-29-19-22-37(35)44(30)42(28)29/h3-26H,1-2H3/i3D,4D,5D,6D,7D,8D,9D,10D,11D,12D,13D,14D,15D,16D,17D,18D,19D,20D,21D,22D,23D,24D,25D,26D. The Hall–Kier alpha value is -5.46. The summed E-state index contributed by atoms with van der Waals surface area (Å²) in [7, 11) is 0. The van der Waals surface area contributed by atoms with Crippen molar-refractivity contribution in [1.29, 1.82) is 0 Å². The summed E-state index contributed by atoms with van der Waals surface area (Å²) >= 11 is 0. The molecule has 1 aliphatic rings. The maximum absolute atomic E-state index is 10.1. The molecule has 0 fully saturated rings. The second kappa shape index (κ2) is 8.80. The van der Waals surface area contributed by atoms with Crippen molar-refractivity contribution in [2.24, 2.45) is 0 Å². The summed E-state index contributed by atoms with van der Waals surface area (Å²) in [6.07, 6.45) is 0. The topological polar surface area (TPSA) is 0 Å². The van der Waals surface area contributed by atoms with Gasteiger partial charge in [-0.25, -0.2) is 0 Å². The van der Waals surface area contributed by atoms with Crippen LogP contribution in [0.25, 0.3) is 87.2 Å². The van der Waals surface area contributed by atoms with E-state index in [-0.39, 0.29) is 43.8 Å². The molecule has 0 unspecified atom stereocenters. The van der Waals surface area contributed by atoms with E-state index < -0.39 is 205 Å². The Morgan fingerprint density at radius 2 is 1.02 bits per heavy atom. The van der Waals surface area contributed by atoms with E-state index >= 15 is 0 Å². The molecule has 0 atom stereocenters. The van der Waals surface area contributed by atoms with Crippen LogP contribution in [0.1, 0.15) is 57.9 Å². The fraction of sp³-hybridized carbons (Fsp3) is 0.0667. The van der Waals surface area contributed by atoms with Crippen molar-refractivity contribution < 1.29 is 32.9 Å². The van der Waals surface area contributed by atoms with Gasteiger partial charge in [-0.2, -0.15) is 0 Å². The van der Waals surface area contributed by atoms with E-state index in [2.05, 4.69) is 0 Å². The van der Waals surface area contributed by atoms with E-state index in [9.17, 15) is 15.1 Å². The molecule has 45 heavy (non-hydrogen) atoms. The first kappa shape index (κ1) is 11.2. The maximum atomic E-state index is 10.1. The quantitative estimate of drug-likeness (QED) is 0.175. The number of rotatable bonds is 2. The zero-order chi connectivity index (χ0) is 50.7. The van der Waals surface area contributed by atoms with Gasteiger partial charge in [-0.3, -0.25) is 0 Å². The number of fused-ring (bicyclic) bond motifs is 3. The van der Waals surface area contributed by atoms with E-state index in [1.807, 2.05) is 0 Å². The molecular formula is C45H30. The molecule has 0 saturated carbocycles. The molecule has 0 heteroatoms. The molecule has 0 aromatic heterocycles. The molecule has 0 bridgehead atoms. The minimum absolute atomic E-state index is 0.0139. The molecule has 0 radical (unpaired) electrons. The van der Waals surface area contributed by atoms with Crippen LogP contribution < -0.4 is 0 Å². The Morgan fingerprint density at radius 3 is 1.87 bits per heavy atom. The molecule has 0 nitrogen and oxygen atoms in total. The van der Waals surface area contributed by atoms with Gasteiger partial charge in [-0.1, -0.05) is 141 Å². The highest BCUT2D eigenvalue weighted by Gasteiger charge is 2.33. The second-order valence-corrected chi connectivity index (χ2v) is 11.4. The van der Waals surface area contributed by atoms with Crippen LogP contribution in [0.2, 0.25) is 0 Å². The number of hydrogen-bond acceptors (Lipinski definition) is 0. The molecule has 9 aromatic carbocycles. The minimum atomic E-state index is -1.58. The predicted molar refractivity (Wildman–Crippen MR) is 194 cm³/mol. The first-order chi connectivity index (χ1) is 32.1. The van der Waals surface area contributed by atoms with E-state index in [1.54, 1.807) is 0 Å². The lowest BCUT2D eigenvalue weighted by Crippen LogP contribution is -2.23. The summed E-state index contributed by atoms with van der Waals surface area (Å²) in [5.41, 5.74) is -5.10. The van der Waals surface area contributed by atoms with E-state index in [0.717, 1.165) is 0 Å². The van der Waals surface area contributed by atoms with Crippen molar-refractivity contribution in [1.82, 2.24) is 0 Å². The van der Waals surface area contributed by atoms with Crippen LogP contribution in [0.4, 0.5) is 0 Å². The molecular weight excluding hydrogens is 540 g/mol. The van der Waals surface area contributed by atoms with Gasteiger partial charge in [0.05, 0.1) is 32.9 Å². The third kappa shape index (κ3) is 3.37. The van der Waals surface area contributed by atoms with Crippen LogP contribution in [0.3, 0.4) is 0 Å². The first-order valence-electron chi connectivity index (χ1n) is 26.0. The monoisotopic (exact) mass is 594 g/mol. The van der Waals surface area contributed by atoms with Crippen molar-refractivity contribution >= 4 is 53.9 Å².